The molecule has 3 heteroatoms. The molecule has 0 bridgehead atoms. The minimum atomic E-state index is 0.607. The third-order valence-electron chi connectivity index (χ3n) is 2.30. The van der Waals surface area contributed by atoms with Crippen LogP contribution in [0.1, 0.15) is 26.7 Å². The Morgan fingerprint density at radius 2 is 2.12 bits per heavy atom. The van der Waals surface area contributed by atoms with Gasteiger partial charge in [0.25, 0.3) is 0 Å². The van der Waals surface area contributed by atoms with E-state index in [2.05, 4.69) is 59.4 Å². The van der Waals surface area contributed by atoms with Crippen molar-refractivity contribution in [2.75, 3.05) is 13.1 Å². The Balaban J connectivity index is 2.28. The van der Waals surface area contributed by atoms with Crippen molar-refractivity contribution < 1.29 is 0 Å². The van der Waals surface area contributed by atoms with E-state index < -0.39 is 0 Å². The lowest BCUT2D eigenvalue weighted by Gasteiger charge is -2.13. The van der Waals surface area contributed by atoms with E-state index >= 15 is 0 Å². The summed E-state index contributed by atoms with van der Waals surface area (Å²) in [4.78, 5) is 1.33. The van der Waals surface area contributed by atoms with Crippen LogP contribution < -0.4 is 5.32 Å². The predicted molar refractivity (Wildman–Crippen MR) is 77.2 cm³/mol. The number of unbranched alkanes of at least 4 members (excludes halogenated alkanes) is 1. The number of rotatable bonds is 7. The zero-order valence-corrected chi connectivity index (χ0v) is 12.4. The monoisotopic (exact) mass is 301 g/mol. The van der Waals surface area contributed by atoms with Gasteiger partial charge < -0.3 is 5.32 Å². The van der Waals surface area contributed by atoms with Crippen LogP contribution in [-0.2, 0) is 0 Å². The van der Waals surface area contributed by atoms with Crippen molar-refractivity contribution in [2.24, 2.45) is 0 Å². The van der Waals surface area contributed by atoms with Crippen LogP contribution in [0.3, 0.4) is 0 Å². The lowest BCUT2D eigenvalue weighted by Crippen LogP contribution is -2.23. The molecule has 0 saturated carbocycles. The molecule has 1 rings (SSSR count). The van der Waals surface area contributed by atoms with Crippen molar-refractivity contribution in [1.82, 2.24) is 5.32 Å². The van der Waals surface area contributed by atoms with Gasteiger partial charge in [0.1, 0.15) is 0 Å². The first-order chi connectivity index (χ1) is 7.74. The van der Waals surface area contributed by atoms with Gasteiger partial charge in [0, 0.05) is 21.2 Å². The minimum absolute atomic E-state index is 0.607. The van der Waals surface area contributed by atoms with Gasteiger partial charge in [0.15, 0.2) is 0 Å². The van der Waals surface area contributed by atoms with Crippen LogP contribution in [0.15, 0.2) is 33.6 Å². The van der Waals surface area contributed by atoms with Crippen LogP contribution in [0.2, 0.25) is 0 Å². The average molecular weight is 302 g/mol. The SMILES string of the molecule is CCCCNCC(C)Sc1ccccc1Br. The maximum absolute atomic E-state index is 3.58. The molecule has 1 unspecified atom stereocenters. The summed E-state index contributed by atoms with van der Waals surface area (Å²) in [5.74, 6) is 0. The lowest BCUT2D eigenvalue weighted by molar-refractivity contribution is 0.638. The fourth-order valence-electron chi connectivity index (χ4n) is 1.41. The Morgan fingerprint density at radius 1 is 1.38 bits per heavy atom. The molecule has 0 aliphatic rings. The number of nitrogens with one attached hydrogen (secondary N) is 1. The van der Waals surface area contributed by atoms with E-state index in [1.165, 1.54) is 22.2 Å². The van der Waals surface area contributed by atoms with Crippen molar-refractivity contribution in [3.05, 3.63) is 28.7 Å². The van der Waals surface area contributed by atoms with Crippen LogP contribution in [0.25, 0.3) is 0 Å². The normalized spacial score (nSPS) is 12.7. The van der Waals surface area contributed by atoms with Gasteiger partial charge in [0.2, 0.25) is 0 Å². The third kappa shape index (κ3) is 5.37. The highest BCUT2D eigenvalue weighted by molar-refractivity contribution is 9.10. The molecule has 90 valence electrons. The molecule has 0 aliphatic heterocycles. The van der Waals surface area contributed by atoms with Crippen LogP contribution >= 0.6 is 27.7 Å². The van der Waals surface area contributed by atoms with E-state index in [1.807, 2.05) is 11.8 Å². The predicted octanol–water partition coefficient (Wildman–Crippen LogP) is 4.32. The molecule has 0 spiro atoms. The number of halogens is 1. The van der Waals surface area contributed by atoms with E-state index in [1.54, 1.807) is 0 Å². The van der Waals surface area contributed by atoms with E-state index in [0.29, 0.717) is 5.25 Å². The van der Waals surface area contributed by atoms with Crippen LogP contribution in [0.4, 0.5) is 0 Å². The van der Waals surface area contributed by atoms with Crippen molar-refractivity contribution in [2.45, 2.75) is 36.8 Å². The quantitative estimate of drug-likeness (QED) is 0.594. The summed E-state index contributed by atoms with van der Waals surface area (Å²) in [7, 11) is 0. The highest BCUT2D eigenvalue weighted by atomic mass is 79.9. The first-order valence-corrected chi connectivity index (χ1v) is 7.53. The first kappa shape index (κ1) is 14.1. The van der Waals surface area contributed by atoms with Gasteiger partial charge in [0.05, 0.1) is 0 Å². The number of benzene rings is 1. The molecule has 0 radical (unpaired) electrons. The Morgan fingerprint density at radius 3 is 2.81 bits per heavy atom. The van der Waals surface area contributed by atoms with Crippen LogP contribution in [-0.4, -0.2) is 18.3 Å². The summed E-state index contributed by atoms with van der Waals surface area (Å²) < 4.78 is 1.19. The minimum Gasteiger partial charge on any atom is -0.316 e. The fourth-order valence-corrected chi connectivity index (χ4v) is 2.94. The molecule has 1 nitrogen and oxygen atoms in total. The van der Waals surface area contributed by atoms with Gasteiger partial charge in [-0.25, -0.2) is 0 Å². The van der Waals surface area contributed by atoms with Gasteiger partial charge in [-0.15, -0.1) is 11.8 Å². The second-order valence-electron chi connectivity index (χ2n) is 3.92. The summed E-state index contributed by atoms with van der Waals surface area (Å²) in [5, 5.41) is 4.10. The molecule has 0 amide bonds. The maximum Gasteiger partial charge on any atom is 0.0311 e. The highest BCUT2D eigenvalue weighted by Crippen LogP contribution is 2.29. The molecule has 16 heavy (non-hydrogen) atoms. The summed E-state index contributed by atoms with van der Waals surface area (Å²) in [6.45, 7) is 6.70. The molecule has 0 heterocycles. The Bertz CT molecular complexity index is 304. The zero-order valence-electron chi connectivity index (χ0n) is 10.0. The first-order valence-electron chi connectivity index (χ1n) is 5.86. The molecule has 0 aliphatic carbocycles. The Kier molecular flexibility index (Phi) is 7.17. The smallest absolute Gasteiger partial charge is 0.0311 e. The van der Waals surface area contributed by atoms with E-state index in [9.17, 15) is 0 Å². The summed E-state index contributed by atoms with van der Waals surface area (Å²) >= 11 is 5.50. The summed E-state index contributed by atoms with van der Waals surface area (Å²) in [5.41, 5.74) is 0. The molecule has 1 aromatic carbocycles. The van der Waals surface area contributed by atoms with Gasteiger partial charge >= 0.3 is 0 Å². The van der Waals surface area contributed by atoms with Crippen molar-refractivity contribution >= 4 is 27.7 Å². The largest absolute Gasteiger partial charge is 0.316 e. The fraction of sp³-hybridized carbons (Fsp3) is 0.538. The number of thioether (sulfide) groups is 1. The van der Waals surface area contributed by atoms with E-state index in [4.69, 9.17) is 0 Å². The number of hydrogen-bond donors (Lipinski definition) is 1. The second kappa shape index (κ2) is 8.15. The molecular weight excluding hydrogens is 282 g/mol. The van der Waals surface area contributed by atoms with Crippen molar-refractivity contribution in [3.8, 4) is 0 Å². The number of hydrogen-bond acceptors (Lipinski definition) is 2. The van der Waals surface area contributed by atoms with Gasteiger partial charge in [-0.2, -0.15) is 0 Å². The Labute approximate surface area is 112 Å². The molecule has 0 saturated heterocycles. The van der Waals surface area contributed by atoms with Crippen LogP contribution in [0.5, 0.6) is 0 Å². The molecular formula is C13H20BrNS. The van der Waals surface area contributed by atoms with Crippen LogP contribution in [0, 0.1) is 0 Å². The molecule has 1 N–H and O–H groups in total. The molecule has 1 atom stereocenters. The summed E-state index contributed by atoms with van der Waals surface area (Å²) in [6, 6.07) is 8.40. The average Bonchev–Trinajstić information content (AvgIpc) is 2.28. The zero-order chi connectivity index (χ0) is 11.8. The Hall–Kier alpha value is 0.01000. The van der Waals surface area contributed by atoms with Gasteiger partial charge in [-0.3, -0.25) is 0 Å². The lowest BCUT2D eigenvalue weighted by atomic mass is 10.3. The topological polar surface area (TPSA) is 12.0 Å². The molecule has 0 fully saturated rings. The summed E-state index contributed by atoms with van der Waals surface area (Å²) in [6.07, 6.45) is 2.53. The molecule has 0 aromatic heterocycles. The maximum atomic E-state index is 3.58. The van der Waals surface area contributed by atoms with Crippen molar-refractivity contribution in [1.29, 1.82) is 0 Å². The second-order valence-corrected chi connectivity index (χ2v) is 6.25. The highest BCUT2D eigenvalue weighted by Gasteiger charge is 2.06. The van der Waals surface area contributed by atoms with E-state index in [-0.39, 0.29) is 0 Å². The standard InChI is InChI=1S/C13H20BrNS/c1-3-4-9-15-10-11(2)16-13-8-6-5-7-12(13)14/h5-8,11,15H,3-4,9-10H2,1-2H3. The van der Waals surface area contributed by atoms with Gasteiger partial charge in [-0.05, 0) is 41.0 Å². The molecule has 1 aromatic rings. The third-order valence-corrected chi connectivity index (χ3v) is 4.44. The van der Waals surface area contributed by atoms with Gasteiger partial charge in [-0.1, -0.05) is 32.4 Å². The van der Waals surface area contributed by atoms with Crippen molar-refractivity contribution in [3.63, 3.8) is 0 Å². The van der Waals surface area contributed by atoms with E-state index in [0.717, 1.165) is 13.1 Å².